The van der Waals surface area contributed by atoms with E-state index in [-0.39, 0.29) is 5.91 Å². The highest BCUT2D eigenvalue weighted by Crippen LogP contribution is 2.34. The normalized spacial score (nSPS) is 19.0. The minimum absolute atomic E-state index is 0.109. The predicted molar refractivity (Wildman–Crippen MR) is 85.6 cm³/mol. The van der Waals surface area contributed by atoms with Crippen LogP contribution in [0.3, 0.4) is 0 Å². The number of nitrogens with zero attached hydrogens (tertiary/aromatic N) is 2. The Hall–Kier alpha value is -1.98. The van der Waals surface area contributed by atoms with E-state index in [9.17, 15) is 4.79 Å². The number of thioether (sulfide) groups is 1. The van der Waals surface area contributed by atoms with E-state index in [4.69, 9.17) is 16.0 Å². The number of carbonyl (C=O) groups excluding carboxylic acids is 1. The molecular formula is C15H11ClN2O2S. The van der Waals surface area contributed by atoms with Crippen LogP contribution in [-0.2, 0) is 4.79 Å². The second-order valence-electron chi connectivity index (χ2n) is 4.34. The van der Waals surface area contributed by atoms with Crippen molar-refractivity contribution in [2.45, 2.75) is 0 Å². The second kappa shape index (κ2) is 5.79. The molecular weight excluding hydrogens is 308 g/mol. The number of carbonyl (C=O) groups is 1. The van der Waals surface area contributed by atoms with E-state index < -0.39 is 0 Å². The third kappa shape index (κ3) is 2.89. The molecule has 0 aliphatic carbocycles. The van der Waals surface area contributed by atoms with Gasteiger partial charge < -0.3 is 4.42 Å². The maximum absolute atomic E-state index is 12.2. The first-order valence-corrected chi connectivity index (χ1v) is 7.39. The molecule has 6 heteroatoms. The molecule has 0 bridgehead atoms. The van der Waals surface area contributed by atoms with Gasteiger partial charge in [0, 0.05) is 13.1 Å². The maximum atomic E-state index is 12.2. The third-order valence-electron chi connectivity index (χ3n) is 2.89. The maximum Gasteiger partial charge on any atom is 0.266 e. The fourth-order valence-electron chi connectivity index (χ4n) is 1.80. The van der Waals surface area contributed by atoms with E-state index >= 15 is 0 Å². The Labute approximate surface area is 131 Å². The second-order valence-corrected chi connectivity index (χ2v) is 5.75. The summed E-state index contributed by atoms with van der Waals surface area (Å²) >= 11 is 7.39. The molecule has 1 aliphatic heterocycles. The van der Waals surface area contributed by atoms with Crippen LogP contribution in [0.1, 0.15) is 5.76 Å². The average molecular weight is 319 g/mol. The molecule has 1 aromatic carbocycles. The van der Waals surface area contributed by atoms with Gasteiger partial charge in [-0.3, -0.25) is 9.69 Å². The summed E-state index contributed by atoms with van der Waals surface area (Å²) in [7, 11) is 1.69. The fourth-order valence-corrected chi connectivity index (χ4v) is 2.94. The average Bonchev–Trinajstić information content (AvgIpc) is 3.07. The van der Waals surface area contributed by atoms with Crippen molar-refractivity contribution in [2.75, 3.05) is 7.05 Å². The predicted octanol–water partition coefficient (Wildman–Crippen LogP) is 4.17. The molecule has 0 N–H and O–H groups in total. The Balaban J connectivity index is 1.92. The Morgan fingerprint density at radius 2 is 2.10 bits per heavy atom. The molecule has 0 unspecified atom stereocenters. The van der Waals surface area contributed by atoms with Crippen molar-refractivity contribution in [3.63, 3.8) is 0 Å². The molecule has 0 saturated carbocycles. The molecule has 1 amide bonds. The van der Waals surface area contributed by atoms with Gasteiger partial charge in [-0.2, -0.15) is 0 Å². The van der Waals surface area contributed by atoms with Crippen molar-refractivity contribution >= 4 is 46.2 Å². The highest BCUT2D eigenvalue weighted by atomic mass is 35.5. The number of likely N-dealkylation sites (N-methyl/N-ethyl adjacent to an activating group) is 1. The first kappa shape index (κ1) is 14.0. The largest absolute Gasteiger partial charge is 0.465 e. The summed E-state index contributed by atoms with van der Waals surface area (Å²) in [5.41, 5.74) is 0.639. The smallest absolute Gasteiger partial charge is 0.266 e. The van der Waals surface area contributed by atoms with Crippen molar-refractivity contribution in [3.05, 3.63) is 58.3 Å². The first-order valence-electron chi connectivity index (χ1n) is 6.19. The number of para-hydroxylation sites is 1. The lowest BCUT2D eigenvalue weighted by Gasteiger charge is -2.07. The van der Waals surface area contributed by atoms with Gasteiger partial charge in [0.25, 0.3) is 5.91 Å². The number of amidine groups is 1. The lowest BCUT2D eigenvalue weighted by atomic mass is 10.3. The van der Waals surface area contributed by atoms with Gasteiger partial charge in [-0.15, -0.1) is 0 Å². The lowest BCUT2D eigenvalue weighted by molar-refractivity contribution is -0.121. The molecule has 21 heavy (non-hydrogen) atoms. The van der Waals surface area contributed by atoms with Crippen LogP contribution in [-0.4, -0.2) is 23.0 Å². The van der Waals surface area contributed by atoms with Crippen LogP contribution < -0.4 is 0 Å². The van der Waals surface area contributed by atoms with E-state index in [2.05, 4.69) is 4.99 Å². The quantitative estimate of drug-likeness (QED) is 0.781. The van der Waals surface area contributed by atoms with Crippen molar-refractivity contribution < 1.29 is 9.21 Å². The number of amides is 1. The summed E-state index contributed by atoms with van der Waals surface area (Å²) < 4.78 is 5.23. The minimum Gasteiger partial charge on any atom is -0.465 e. The Kier molecular flexibility index (Phi) is 3.86. The van der Waals surface area contributed by atoms with Crippen molar-refractivity contribution in [1.82, 2.24) is 4.90 Å². The zero-order valence-corrected chi connectivity index (χ0v) is 12.7. The van der Waals surface area contributed by atoms with Crippen LogP contribution in [0, 0.1) is 0 Å². The van der Waals surface area contributed by atoms with Crippen molar-refractivity contribution in [3.8, 4) is 0 Å². The van der Waals surface area contributed by atoms with E-state index in [1.807, 2.05) is 18.2 Å². The highest BCUT2D eigenvalue weighted by molar-refractivity contribution is 8.18. The van der Waals surface area contributed by atoms with Crippen LogP contribution in [0.25, 0.3) is 6.08 Å². The molecule has 1 saturated heterocycles. The molecule has 3 rings (SSSR count). The Morgan fingerprint density at radius 3 is 2.81 bits per heavy atom. The molecule has 0 atom stereocenters. The van der Waals surface area contributed by atoms with E-state index in [1.165, 1.54) is 16.7 Å². The van der Waals surface area contributed by atoms with Gasteiger partial charge in [-0.25, -0.2) is 4.99 Å². The SMILES string of the molecule is CN1C(=O)/C(=C\c2ccco2)SC1=Nc1ccccc1Cl. The van der Waals surface area contributed by atoms with E-state index in [0.29, 0.717) is 26.5 Å². The van der Waals surface area contributed by atoms with Crippen LogP contribution in [0.2, 0.25) is 5.02 Å². The van der Waals surface area contributed by atoms with Crippen molar-refractivity contribution in [1.29, 1.82) is 0 Å². The molecule has 1 aromatic heterocycles. The van der Waals surface area contributed by atoms with E-state index in [0.717, 1.165) is 0 Å². The summed E-state index contributed by atoms with van der Waals surface area (Å²) in [6.07, 6.45) is 3.28. The van der Waals surface area contributed by atoms with Crippen LogP contribution in [0.15, 0.2) is 57.0 Å². The number of hydrogen-bond donors (Lipinski definition) is 0. The summed E-state index contributed by atoms with van der Waals surface area (Å²) in [4.78, 5) is 18.7. The number of benzene rings is 1. The topological polar surface area (TPSA) is 45.8 Å². The van der Waals surface area contributed by atoms with Gasteiger partial charge in [0.05, 0.1) is 21.9 Å². The van der Waals surface area contributed by atoms with E-state index in [1.54, 1.807) is 37.6 Å². The number of aliphatic imine (C=N–C) groups is 1. The van der Waals surface area contributed by atoms with Gasteiger partial charge in [-0.05, 0) is 36.0 Å². The molecule has 1 fully saturated rings. The van der Waals surface area contributed by atoms with Crippen LogP contribution in [0.5, 0.6) is 0 Å². The van der Waals surface area contributed by atoms with Gasteiger partial charge in [0.1, 0.15) is 5.76 Å². The molecule has 1 aliphatic rings. The molecule has 2 heterocycles. The molecule has 0 spiro atoms. The zero-order valence-electron chi connectivity index (χ0n) is 11.1. The third-order valence-corrected chi connectivity index (χ3v) is 4.27. The molecule has 106 valence electrons. The number of halogens is 1. The van der Waals surface area contributed by atoms with Crippen LogP contribution >= 0.6 is 23.4 Å². The highest BCUT2D eigenvalue weighted by Gasteiger charge is 2.30. The Bertz CT molecular complexity index is 738. The Morgan fingerprint density at radius 1 is 1.29 bits per heavy atom. The molecule has 2 aromatic rings. The fraction of sp³-hybridized carbons (Fsp3) is 0.0667. The summed E-state index contributed by atoms with van der Waals surface area (Å²) in [6.45, 7) is 0. The summed E-state index contributed by atoms with van der Waals surface area (Å²) in [5.74, 6) is 0.528. The molecule has 4 nitrogen and oxygen atoms in total. The standard InChI is InChI=1S/C15H11ClN2O2S/c1-18-14(19)13(9-10-5-4-8-20-10)21-15(18)17-12-7-3-2-6-11(12)16/h2-9H,1H3/b13-9+,17-15?. The lowest BCUT2D eigenvalue weighted by Crippen LogP contribution is -2.23. The summed E-state index contributed by atoms with van der Waals surface area (Å²) in [5, 5.41) is 1.14. The number of furan rings is 1. The van der Waals surface area contributed by atoms with Gasteiger partial charge in [0.15, 0.2) is 5.17 Å². The number of rotatable bonds is 2. The molecule has 0 radical (unpaired) electrons. The zero-order chi connectivity index (χ0) is 14.8. The summed E-state index contributed by atoms with van der Waals surface area (Å²) in [6, 6.07) is 10.8. The first-order chi connectivity index (χ1) is 10.1. The van der Waals surface area contributed by atoms with Gasteiger partial charge >= 0.3 is 0 Å². The van der Waals surface area contributed by atoms with Crippen molar-refractivity contribution in [2.24, 2.45) is 4.99 Å². The van der Waals surface area contributed by atoms with Gasteiger partial charge in [0.2, 0.25) is 0 Å². The van der Waals surface area contributed by atoms with Crippen LogP contribution in [0.4, 0.5) is 5.69 Å². The monoisotopic (exact) mass is 318 g/mol. The number of hydrogen-bond acceptors (Lipinski definition) is 4. The minimum atomic E-state index is -0.109. The van der Waals surface area contributed by atoms with Gasteiger partial charge in [-0.1, -0.05) is 23.7 Å².